The van der Waals surface area contributed by atoms with Gasteiger partial charge in [-0.1, -0.05) is 26.7 Å². The fourth-order valence-corrected chi connectivity index (χ4v) is 2.15. The highest BCUT2D eigenvalue weighted by Gasteiger charge is 2.28. The first-order valence-electron chi connectivity index (χ1n) is 5.46. The zero-order valence-corrected chi connectivity index (χ0v) is 9.97. The molecule has 0 unspecified atom stereocenters. The number of alkyl halides is 1. The van der Waals surface area contributed by atoms with Crippen molar-refractivity contribution in [3.8, 4) is 0 Å². The minimum Gasteiger partial charge on any atom is -0.352 e. The van der Waals surface area contributed by atoms with Gasteiger partial charge in [-0.3, -0.25) is 4.79 Å². The molecule has 1 aliphatic rings. The van der Waals surface area contributed by atoms with Crippen LogP contribution in [-0.2, 0) is 4.79 Å². The van der Waals surface area contributed by atoms with Gasteiger partial charge in [-0.25, -0.2) is 0 Å². The highest BCUT2D eigenvalue weighted by atomic mass is 35.5. The highest BCUT2D eigenvalue weighted by molar-refractivity contribution is 6.30. The molecule has 1 fully saturated rings. The van der Waals surface area contributed by atoms with Gasteiger partial charge in [0.2, 0.25) is 5.91 Å². The smallest absolute Gasteiger partial charge is 0.237 e. The molecule has 0 aliphatic heterocycles. The second-order valence-electron chi connectivity index (χ2n) is 4.50. The minimum absolute atomic E-state index is 0.0300. The van der Waals surface area contributed by atoms with E-state index in [0.29, 0.717) is 17.9 Å². The molecule has 0 saturated heterocycles. The molecule has 0 aromatic rings. The van der Waals surface area contributed by atoms with E-state index in [0.717, 1.165) is 6.42 Å². The predicted octanol–water partition coefficient (Wildman–Crippen LogP) is 2.55. The van der Waals surface area contributed by atoms with Gasteiger partial charge >= 0.3 is 0 Å². The number of halogens is 1. The molecule has 1 rings (SSSR count). The van der Waals surface area contributed by atoms with E-state index in [9.17, 15) is 4.79 Å². The summed E-state index contributed by atoms with van der Waals surface area (Å²) in [5, 5.41) is 2.61. The van der Waals surface area contributed by atoms with Crippen LogP contribution in [0.3, 0.4) is 0 Å². The molecule has 4 atom stereocenters. The van der Waals surface area contributed by atoms with Crippen molar-refractivity contribution in [2.24, 2.45) is 11.8 Å². The lowest BCUT2D eigenvalue weighted by Gasteiger charge is -2.34. The standard InChI is InChI=1S/C11H20ClNO/c1-7-5-4-6-10(8(7)2)13-11(14)9(3)12/h7-10H,4-6H2,1-3H3,(H,13,14)/t7-,8+,9-,10+/m1/s1. The van der Waals surface area contributed by atoms with E-state index < -0.39 is 5.38 Å². The summed E-state index contributed by atoms with van der Waals surface area (Å²) in [6.45, 7) is 6.19. The normalized spacial score (nSPS) is 35.0. The summed E-state index contributed by atoms with van der Waals surface area (Å²) in [6.07, 6.45) is 3.60. The lowest BCUT2D eigenvalue weighted by molar-refractivity contribution is -0.121. The molecule has 0 aromatic heterocycles. The topological polar surface area (TPSA) is 29.1 Å². The number of hydrogen-bond donors (Lipinski definition) is 1. The maximum absolute atomic E-state index is 11.4. The monoisotopic (exact) mass is 217 g/mol. The molecule has 3 heteroatoms. The molecule has 2 nitrogen and oxygen atoms in total. The molecular weight excluding hydrogens is 198 g/mol. The van der Waals surface area contributed by atoms with Crippen LogP contribution in [0.25, 0.3) is 0 Å². The molecule has 1 amide bonds. The average Bonchev–Trinajstić information content (AvgIpc) is 2.12. The van der Waals surface area contributed by atoms with E-state index in [-0.39, 0.29) is 5.91 Å². The van der Waals surface area contributed by atoms with Crippen molar-refractivity contribution in [2.75, 3.05) is 0 Å². The Morgan fingerprint density at radius 1 is 1.43 bits per heavy atom. The van der Waals surface area contributed by atoms with Gasteiger partial charge in [0.25, 0.3) is 0 Å². The summed E-state index contributed by atoms with van der Waals surface area (Å²) in [4.78, 5) is 11.4. The summed E-state index contributed by atoms with van der Waals surface area (Å²) < 4.78 is 0. The number of amides is 1. The molecule has 82 valence electrons. The molecule has 1 aliphatic carbocycles. The molecule has 0 heterocycles. The van der Waals surface area contributed by atoms with E-state index in [1.807, 2.05) is 0 Å². The van der Waals surface area contributed by atoms with Crippen molar-refractivity contribution in [3.63, 3.8) is 0 Å². The molecule has 0 bridgehead atoms. The second-order valence-corrected chi connectivity index (χ2v) is 5.15. The van der Waals surface area contributed by atoms with Crippen molar-refractivity contribution in [3.05, 3.63) is 0 Å². The molecule has 0 radical (unpaired) electrons. The Bertz CT molecular complexity index is 205. The number of hydrogen-bond acceptors (Lipinski definition) is 1. The van der Waals surface area contributed by atoms with Crippen molar-refractivity contribution in [2.45, 2.75) is 51.5 Å². The fraction of sp³-hybridized carbons (Fsp3) is 0.909. The van der Waals surface area contributed by atoms with E-state index in [1.165, 1.54) is 12.8 Å². The zero-order valence-electron chi connectivity index (χ0n) is 9.22. The first-order valence-corrected chi connectivity index (χ1v) is 5.90. The molecule has 0 aromatic carbocycles. The lowest BCUT2D eigenvalue weighted by Crippen LogP contribution is -2.45. The van der Waals surface area contributed by atoms with Gasteiger partial charge < -0.3 is 5.32 Å². The SMILES string of the molecule is C[C@H]1[C@H](C)CCC[C@@H]1NC(=O)[C@@H](C)Cl. The summed E-state index contributed by atoms with van der Waals surface area (Å²) in [7, 11) is 0. The third-order valence-corrected chi connectivity index (χ3v) is 3.59. The highest BCUT2D eigenvalue weighted by Crippen LogP contribution is 2.29. The van der Waals surface area contributed by atoms with Crippen molar-refractivity contribution in [1.82, 2.24) is 5.32 Å². The van der Waals surface area contributed by atoms with Crippen LogP contribution >= 0.6 is 11.6 Å². The quantitative estimate of drug-likeness (QED) is 0.708. The van der Waals surface area contributed by atoms with Crippen LogP contribution in [0.2, 0.25) is 0 Å². The lowest BCUT2D eigenvalue weighted by atomic mass is 9.78. The number of carbonyl (C=O) groups is 1. The molecule has 0 spiro atoms. The van der Waals surface area contributed by atoms with Gasteiger partial charge in [-0.2, -0.15) is 0 Å². The Hall–Kier alpha value is -0.240. The van der Waals surface area contributed by atoms with Crippen LogP contribution in [0.15, 0.2) is 0 Å². The van der Waals surface area contributed by atoms with Crippen molar-refractivity contribution in [1.29, 1.82) is 0 Å². The van der Waals surface area contributed by atoms with Crippen molar-refractivity contribution < 1.29 is 4.79 Å². The van der Waals surface area contributed by atoms with Gasteiger partial charge in [0.05, 0.1) is 0 Å². The molecular formula is C11H20ClNO. The number of nitrogens with one attached hydrogen (secondary N) is 1. The Morgan fingerprint density at radius 2 is 2.07 bits per heavy atom. The second kappa shape index (κ2) is 5.01. The maximum atomic E-state index is 11.4. The van der Waals surface area contributed by atoms with E-state index in [4.69, 9.17) is 11.6 Å². The van der Waals surface area contributed by atoms with Crippen LogP contribution in [0, 0.1) is 11.8 Å². The Labute approximate surface area is 91.4 Å². The van der Waals surface area contributed by atoms with Gasteiger partial charge in [-0.05, 0) is 25.2 Å². The van der Waals surface area contributed by atoms with Gasteiger partial charge in [0.1, 0.15) is 5.38 Å². The first kappa shape index (κ1) is 11.8. The summed E-state index contributed by atoms with van der Waals surface area (Å²) in [5.74, 6) is 1.25. The number of rotatable bonds is 2. The summed E-state index contributed by atoms with van der Waals surface area (Å²) in [6, 6.07) is 0.326. The fourth-order valence-electron chi connectivity index (χ4n) is 2.08. The average molecular weight is 218 g/mol. The van der Waals surface area contributed by atoms with Crippen LogP contribution in [-0.4, -0.2) is 17.3 Å². The van der Waals surface area contributed by atoms with Gasteiger partial charge in [0.15, 0.2) is 0 Å². The minimum atomic E-state index is -0.417. The van der Waals surface area contributed by atoms with Gasteiger partial charge in [-0.15, -0.1) is 11.6 Å². The Kier molecular flexibility index (Phi) is 4.24. The molecule has 1 N–H and O–H groups in total. The van der Waals surface area contributed by atoms with E-state index in [1.54, 1.807) is 6.92 Å². The maximum Gasteiger partial charge on any atom is 0.237 e. The third-order valence-electron chi connectivity index (χ3n) is 3.40. The van der Waals surface area contributed by atoms with Crippen LogP contribution in [0.5, 0.6) is 0 Å². The predicted molar refractivity (Wildman–Crippen MR) is 59.4 cm³/mol. The molecule has 14 heavy (non-hydrogen) atoms. The van der Waals surface area contributed by atoms with Crippen LogP contribution in [0.1, 0.15) is 40.0 Å². The van der Waals surface area contributed by atoms with Crippen LogP contribution in [0.4, 0.5) is 0 Å². The first-order chi connectivity index (χ1) is 6.52. The summed E-state index contributed by atoms with van der Waals surface area (Å²) in [5.41, 5.74) is 0. The van der Waals surface area contributed by atoms with E-state index in [2.05, 4.69) is 19.2 Å². The zero-order chi connectivity index (χ0) is 10.7. The van der Waals surface area contributed by atoms with E-state index >= 15 is 0 Å². The van der Waals surface area contributed by atoms with Crippen molar-refractivity contribution >= 4 is 17.5 Å². The summed E-state index contributed by atoms with van der Waals surface area (Å²) >= 11 is 5.72. The Morgan fingerprint density at radius 3 is 2.64 bits per heavy atom. The van der Waals surface area contributed by atoms with Gasteiger partial charge in [0, 0.05) is 6.04 Å². The Balaban J connectivity index is 2.47. The third kappa shape index (κ3) is 2.88. The number of carbonyl (C=O) groups excluding carboxylic acids is 1. The largest absolute Gasteiger partial charge is 0.352 e. The van der Waals surface area contributed by atoms with Crippen LogP contribution < -0.4 is 5.32 Å². The molecule has 1 saturated carbocycles.